The van der Waals surface area contributed by atoms with Gasteiger partial charge in [-0.3, -0.25) is 14.5 Å². The second kappa shape index (κ2) is 14.5. The Balaban J connectivity index is 1.36. The molecule has 2 aromatic carbocycles. The van der Waals surface area contributed by atoms with Gasteiger partial charge in [0.2, 0.25) is 5.91 Å². The van der Waals surface area contributed by atoms with E-state index < -0.39 is 6.04 Å². The number of carbonyl (C=O) groups excluding carboxylic acids is 2. The number of carbonyl (C=O) groups is 2. The molecule has 1 saturated carbocycles. The highest BCUT2D eigenvalue weighted by Gasteiger charge is 2.37. The number of benzene rings is 2. The Hall–Kier alpha value is -3.89. The molecule has 10 nitrogen and oxygen atoms in total. The van der Waals surface area contributed by atoms with Gasteiger partial charge in [0.1, 0.15) is 5.82 Å². The molecule has 3 aromatic rings. The van der Waals surface area contributed by atoms with Crippen molar-refractivity contribution in [2.45, 2.75) is 64.1 Å². The molecular formula is C34H42ClN5O5. The topological polar surface area (TPSA) is 106 Å². The van der Waals surface area contributed by atoms with E-state index in [4.69, 9.17) is 35.8 Å². The van der Waals surface area contributed by atoms with Crippen LogP contribution in [0.4, 0.5) is 11.6 Å². The van der Waals surface area contributed by atoms with Crippen molar-refractivity contribution in [1.82, 2.24) is 15.3 Å². The Morgan fingerprint density at radius 1 is 1.07 bits per heavy atom. The predicted octanol–water partition coefficient (Wildman–Crippen LogP) is 5.36. The number of hydrogen-bond donors (Lipinski definition) is 1. The number of esters is 1. The summed E-state index contributed by atoms with van der Waals surface area (Å²) in [5.74, 6) is 2.62. The van der Waals surface area contributed by atoms with Crippen LogP contribution in [-0.4, -0.2) is 68.3 Å². The van der Waals surface area contributed by atoms with E-state index in [9.17, 15) is 9.59 Å². The first kappa shape index (κ1) is 32.5. The van der Waals surface area contributed by atoms with Gasteiger partial charge in [-0.1, -0.05) is 23.7 Å². The van der Waals surface area contributed by atoms with E-state index in [1.807, 2.05) is 57.3 Å². The average Bonchev–Trinajstić information content (AvgIpc) is 3.04. The molecule has 1 amide bonds. The molecule has 0 unspecified atom stereocenters. The smallest absolute Gasteiger partial charge is 0.319 e. The molecule has 0 saturated heterocycles. The number of fused-ring (bicyclic) bond motifs is 1. The van der Waals surface area contributed by atoms with E-state index in [2.05, 4.69) is 10.2 Å². The molecule has 1 aliphatic heterocycles. The van der Waals surface area contributed by atoms with Gasteiger partial charge in [-0.25, -0.2) is 9.97 Å². The van der Waals surface area contributed by atoms with Gasteiger partial charge in [-0.2, -0.15) is 0 Å². The van der Waals surface area contributed by atoms with E-state index in [0.717, 1.165) is 54.7 Å². The number of rotatable bonds is 11. The molecule has 0 bridgehead atoms. The van der Waals surface area contributed by atoms with E-state index in [1.165, 1.54) is 7.11 Å². The summed E-state index contributed by atoms with van der Waals surface area (Å²) in [7, 11) is 5.03. The second-order valence-corrected chi connectivity index (χ2v) is 12.5. The van der Waals surface area contributed by atoms with Crippen LogP contribution < -0.4 is 24.6 Å². The van der Waals surface area contributed by atoms with E-state index in [-0.39, 0.29) is 30.9 Å². The van der Waals surface area contributed by atoms with Gasteiger partial charge in [0.15, 0.2) is 17.3 Å². The van der Waals surface area contributed by atoms with E-state index in [1.54, 1.807) is 24.4 Å². The summed E-state index contributed by atoms with van der Waals surface area (Å²) in [5, 5.41) is 3.91. The molecule has 45 heavy (non-hydrogen) atoms. The number of aromatic nitrogens is 2. The third-order valence-electron chi connectivity index (χ3n) is 8.54. The van der Waals surface area contributed by atoms with Gasteiger partial charge >= 0.3 is 5.97 Å². The minimum absolute atomic E-state index is 0.0547. The van der Waals surface area contributed by atoms with Crippen LogP contribution in [0.2, 0.25) is 5.02 Å². The lowest BCUT2D eigenvalue weighted by Gasteiger charge is -2.37. The Morgan fingerprint density at radius 3 is 2.42 bits per heavy atom. The zero-order chi connectivity index (χ0) is 32.1. The maximum Gasteiger partial charge on any atom is 0.319 e. The summed E-state index contributed by atoms with van der Waals surface area (Å²) in [6.45, 7) is 5.03. The van der Waals surface area contributed by atoms with Crippen molar-refractivity contribution >= 4 is 35.1 Å². The molecule has 5 rings (SSSR count). The molecule has 1 aromatic heterocycles. The van der Waals surface area contributed by atoms with Crippen molar-refractivity contribution in [2.24, 2.45) is 5.92 Å². The third kappa shape index (κ3) is 7.68. The zero-order valence-corrected chi connectivity index (χ0v) is 27.3. The standard InChI is InChI=1S/C34H42ClN5O5/c1-21(2)45-29-16-27-24(14-28(29)43-4)15-32(41)40(34(27)23-8-10-25(35)11-9-23)31-18-37-30(17-38-31)39(3)20-22-6-12-26(13-7-22)36-19-33(42)44-5/h8-11,14,16-18,21-22,26,34,36H,6-7,12-13,15,19-20H2,1-5H3/t22?,26?,34-/m0/s1. The van der Waals surface area contributed by atoms with Crippen molar-refractivity contribution in [1.29, 1.82) is 0 Å². The number of nitrogens with zero attached hydrogens (tertiary/aromatic N) is 4. The van der Waals surface area contributed by atoms with Gasteiger partial charge in [0, 0.05) is 24.7 Å². The van der Waals surface area contributed by atoms with Gasteiger partial charge in [0.05, 0.1) is 51.7 Å². The highest BCUT2D eigenvalue weighted by Crippen LogP contribution is 2.43. The number of ether oxygens (including phenoxy) is 3. The predicted molar refractivity (Wildman–Crippen MR) is 174 cm³/mol. The van der Waals surface area contributed by atoms with E-state index in [0.29, 0.717) is 34.3 Å². The summed E-state index contributed by atoms with van der Waals surface area (Å²) in [6.07, 6.45) is 7.71. The maximum atomic E-state index is 13.8. The number of hydrogen-bond acceptors (Lipinski definition) is 9. The highest BCUT2D eigenvalue weighted by atomic mass is 35.5. The molecule has 0 radical (unpaired) electrons. The quantitative estimate of drug-likeness (QED) is 0.279. The fourth-order valence-electron chi connectivity index (χ4n) is 6.26. The fraction of sp³-hybridized carbons (Fsp3) is 0.471. The SMILES string of the molecule is COC(=O)CNC1CCC(CN(C)c2cnc(N3C(=O)Cc4cc(OC)c(OC(C)C)cc4[C@@H]3c3ccc(Cl)cc3)cn2)CC1. The Kier molecular flexibility index (Phi) is 10.5. The van der Waals surface area contributed by atoms with Crippen LogP contribution >= 0.6 is 11.6 Å². The van der Waals surface area contributed by atoms with Crippen LogP contribution in [0.5, 0.6) is 11.5 Å². The van der Waals surface area contributed by atoms with Crippen molar-refractivity contribution in [3.05, 3.63) is 70.5 Å². The first-order valence-corrected chi connectivity index (χ1v) is 15.8. The van der Waals surface area contributed by atoms with Gasteiger partial charge < -0.3 is 24.4 Å². The van der Waals surface area contributed by atoms with Gasteiger partial charge in [-0.05, 0) is 86.4 Å². The van der Waals surface area contributed by atoms with Crippen LogP contribution in [-0.2, 0) is 20.7 Å². The summed E-state index contributed by atoms with van der Waals surface area (Å²) in [5.41, 5.74) is 2.71. The van der Waals surface area contributed by atoms with Crippen LogP contribution in [0, 0.1) is 5.92 Å². The molecule has 1 fully saturated rings. The maximum absolute atomic E-state index is 13.8. The minimum Gasteiger partial charge on any atom is -0.493 e. The first-order chi connectivity index (χ1) is 21.7. The summed E-state index contributed by atoms with van der Waals surface area (Å²) >= 11 is 6.25. The Bertz CT molecular complexity index is 1480. The number of methoxy groups -OCH3 is 2. The molecule has 2 aliphatic rings. The molecule has 1 aliphatic carbocycles. The summed E-state index contributed by atoms with van der Waals surface area (Å²) in [6, 6.07) is 11.3. The number of anilines is 2. The highest BCUT2D eigenvalue weighted by molar-refractivity contribution is 6.30. The lowest BCUT2D eigenvalue weighted by Crippen LogP contribution is -2.41. The van der Waals surface area contributed by atoms with Crippen molar-refractivity contribution in [3.8, 4) is 11.5 Å². The lowest BCUT2D eigenvalue weighted by atomic mass is 9.85. The van der Waals surface area contributed by atoms with Gasteiger partial charge in [-0.15, -0.1) is 0 Å². The van der Waals surface area contributed by atoms with Crippen molar-refractivity contribution in [3.63, 3.8) is 0 Å². The second-order valence-electron chi connectivity index (χ2n) is 12.1. The fourth-order valence-corrected chi connectivity index (χ4v) is 6.39. The Labute approximate surface area is 270 Å². The summed E-state index contributed by atoms with van der Waals surface area (Å²) in [4.78, 5) is 38.6. The average molecular weight is 636 g/mol. The van der Waals surface area contributed by atoms with Crippen LogP contribution in [0.15, 0.2) is 48.8 Å². The normalized spacial score (nSPS) is 19.7. The van der Waals surface area contributed by atoms with Crippen LogP contribution in [0.1, 0.15) is 62.3 Å². The van der Waals surface area contributed by atoms with Crippen LogP contribution in [0.25, 0.3) is 0 Å². The number of amides is 1. The minimum atomic E-state index is -0.459. The molecule has 1 N–H and O–H groups in total. The summed E-state index contributed by atoms with van der Waals surface area (Å²) < 4.78 is 16.5. The van der Waals surface area contributed by atoms with Crippen LogP contribution in [0.3, 0.4) is 0 Å². The number of halogens is 1. The largest absolute Gasteiger partial charge is 0.493 e. The molecule has 240 valence electrons. The first-order valence-electron chi connectivity index (χ1n) is 15.4. The van der Waals surface area contributed by atoms with Crippen molar-refractivity contribution in [2.75, 3.05) is 44.2 Å². The molecular weight excluding hydrogens is 594 g/mol. The zero-order valence-electron chi connectivity index (χ0n) is 26.6. The Morgan fingerprint density at radius 2 is 1.80 bits per heavy atom. The van der Waals surface area contributed by atoms with Crippen molar-refractivity contribution < 1.29 is 23.8 Å². The molecule has 0 spiro atoms. The molecule has 2 heterocycles. The molecule has 11 heteroatoms. The monoisotopic (exact) mass is 635 g/mol. The van der Waals surface area contributed by atoms with Gasteiger partial charge in [0.25, 0.3) is 0 Å². The lowest BCUT2D eigenvalue weighted by molar-refractivity contribution is -0.139. The number of nitrogens with one attached hydrogen (secondary N) is 1. The van der Waals surface area contributed by atoms with E-state index >= 15 is 0 Å². The third-order valence-corrected chi connectivity index (χ3v) is 8.79. The molecule has 1 atom stereocenters.